The fourth-order valence-corrected chi connectivity index (χ4v) is 3.50. The second kappa shape index (κ2) is 9.21. The molecule has 0 fully saturated rings. The van der Waals surface area contributed by atoms with Crippen molar-refractivity contribution in [2.45, 2.75) is 19.9 Å². The van der Waals surface area contributed by atoms with Crippen molar-refractivity contribution in [2.24, 2.45) is 0 Å². The maximum atomic E-state index is 12.5. The highest BCUT2D eigenvalue weighted by molar-refractivity contribution is 9.10. The second-order valence-electron chi connectivity index (χ2n) is 5.45. The zero-order valence-corrected chi connectivity index (χ0v) is 16.3. The van der Waals surface area contributed by atoms with E-state index in [-0.39, 0.29) is 11.9 Å². The van der Waals surface area contributed by atoms with E-state index in [1.807, 2.05) is 42.5 Å². The molecule has 0 bridgehead atoms. The van der Waals surface area contributed by atoms with Gasteiger partial charge in [-0.05, 0) is 52.8 Å². The molecule has 0 radical (unpaired) electrons. The molecule has 0 heterocycles. The molecule has 1 N–H and O–H groups in total. The van der Waals surface area contributed by atoms with Gasteiger partial charge >= 0.3 is 0 Å². The fraction of sp³-hybridized carbons (Fsp3) is 0.316. The van der Waals surface area contributed by atoms with Gasteiger partial charge in [0.25, 0.3) is 5.91 Å². The number of likely N-dealkylation sites (N-methyl/N-ethyl adjacent to an activating group) is 1. The van der Waals surface area contributed by atoms with Crippen LogP contribution in [0.4, 0.5) is 0 Å². The van der Waals surface area contributed by atoms with Crippen molar-refractivity contribution in [2.75, 3.05) is 19.6 Å². The van der Waals surface area contributed by atoms with E-state index in [4.69, 9.17) is 11.6 Å². The number of nitrogens with one attached hydrogen (secondary N) is 1. The lowest BCUT2D eigenvalue weighted by atomic mass is 10.0. The number of rotatable bonds is 7. The molecule has 0 aromatic heterocycles. The minimum absolute atomic E-state index is 0.0418. The molecule has 0 aliphatic carbocycles. The molecule has 0 saturated carbocycles. The Balaban J connectivity index is 2.19. The van der Waals surface area contributed by atoms with Crippen LogP contribution in [0.2, 0.25) is 5.02 Å². The second-order valence-corrected chi connectivity index (χ2v) is 6.71. The van der Waals surface area contributed by atoms with Gasteiger partial charge in [0, 0.05) is 16.0 Å². The molecule has 2 rings (SSSR count). The molecule has 0 unspecified atom stereocenters. The molecule has 2 aromatic rings. The number of hydrogen-bond acceptors (Lipinski definition) is 2. The van der Waals surface area contributed by atoms with Gasteiger partial charge < -0.3 is 5.32 Å². The molecule has 1 atom stereocenters. The normalized spacial score (nSPS) is 12.2. The SMILES string of the molecule is CCN(CC)[C@@H](CNC(=O)c1ccccc1Br)c1ccccc1Cl. The quantitative estimate of drug-likeness (QED) is 0.704. The van der Waals surface area contributed by atoms with Crippen LogP contribution in [-0.4, -0.2) is 30.4 Å². The highest BCUT2D eigenvalue weighted by Crippen LogP contribution is 2.27. The Morgan fingerprint density at radius 1 is 1.12 bits per heavy atom. The van der Waals surface area contributed by atoms with E-state index in [2.05, 4.69) is 40.0 Å². The van der Waals surface area contributed by atoms with Crippen molar-refractivity contribution in [1.82, 2.24) is 10.2 Å². The molecular weight excluding hydrogens is 388 g/mol. The number of amides is 1. The first-order valence-electron chi connectivity index (χ1n) is 8.09. The van der Waals surface area contributed by atoms with Gasteiger partial charge in [-0.25, -0.2) is 0 Å². The summed E-state index contributed by atoms with van der Waals surface area (Å²) in [5.41, 5.74) is 1.67. The predicted octanol–water partition coefficient (Wildman–Crippen LogP) is 4.92. The first kappa shape index (κ1) is 19.0. The van der Waals surface area contributed by atoms with Crippen molar-refractivity contribution < 1.29 is 4.79 Å². The Labute approximate surface area is 157 Å². The van der Waals surface area contributed by atoms with E-state index in [0.717, 1.165) is 28.1 Å². The van der Waals surface area contributed by atoms with E-state index in [1.54, 1.807) is 6.07 Å². The van der Waals surface area contributed by atoms with Gasteiger partial charge in [0.05, 0.1) is 11.6 Å². The summed E-state index contributed by atoms with van der Waals surface area (Å²) in [7, 11) is 0. The molecule has 0 saturated heterocycles. The van der Waals surface area contributed by atoms with E-state index in [0.29, 0.717) is 12.1 Å². The highest BCUT2D eigenvalue weighted by atomic mass is 79.9. The molecule has 2 aromatic carbocycles. The van der Waals surface area contributed by atoms with Crippen LogP contribution in [0.1, 0.15) is 35.8 Å². The highest BCUT2D eigenvalue weighted by Gasteiger charge is 2.21. The third kappa shape index (κ3) is 4.59. The summed E-state index contributed by atoms with van der Waals surface area (Å²) >= 11 is 9.81. The average Bonchev–Trinajstić information content (AvgIpc) is 2.59. The molecule has 24 heavy (non-hydrogen) atoms. The summed E-state index contributed by atoms with van der Waals surface area (Å²) in [6.07, 6.45) is 0. The molecule has 3 nitrogen and oxygen atoms in total. The topological polar surface area (TPSA) is 32.3 Å². The Kier molecular flexibility index (Phi) is 7.28. The number of hydrogen-bond donors (Lipinski definition) is 1. The number of halogens is 2. The lowest BCUT2D eigenvalue weighted by Crippen LogP contribution is -2.38. The van der Waals surface area contributed by atoms with E-state index >= 15 is 0 Å². The van der Waals surface area contributed by atoms with E-state index in [9.17, 15) is 4.79 Å². The minimum Gasteiger partial charge on any atom is -0.350 e. The molecule has 5 heteroatoms. The van der Waals surface area contributed by atoms with Crippen LogP contribution in [0.3, 0.4) is 0 Å². The van der Waals surface area contributed by atoms with Crippen LogP contribution in [-0.2, 0) is 0 Å². The Bertz CT molecular complexity index is 689. The van der Waals surface area contributed by atoms with Gasteiger partial charge in [-0.1, -0.05) is 55.8 Å². The maximum absolute atomic E-state index is 12.5. The van der Waals surface area contributed by atoms with Gasteiger partial charge in [-0.3, -0.25) is 9.69 Å². The Morgan fingerprint density at radius 2 is 1.75 bits per heavy atom. The van der Waals surface area contributed by atoms with Gasteiger partial charge in [0.1, 0.15) is 0 Å². The standard InChI is InChI=1S/C19H22BrClN2O/c1-3-23(4-2)18(15-10-6-8-12-17(15)21)13-22-19(24)14-9-5-7-11-16(14)20/h5-12,18H,3-4,13H2,1-2H3,(H,22,24)/t18-/m0/s1. The summed E-state index contributed by atoms with van der Waals surface area (Å²) in [6.45, 7) is 6.51. The molecule has 1 amide bonds. The molecular formula is C19H22BrClN2O. The van der Waals surface area contributed by atoms with Crippen LogP contribution in [0.25, 0.3) is 0 Å². The number of benzene rings is 2. The van der Waals surface area contributed by atoms with Crippen LogP contribution in [0, 0.1) is 0 Å². The van der Waals surface area contributed by atoms with Crippen molar-refractivity contribution >= 4 is 33.4 Å². The van der Waals surface area contributed by atoms with Crippen LogP contribution >= 0.6 is 27.5 Å². The lowest BCUT2D eigenvalue weighted by Gasteiger charge is -2.31. The Hall–Kier alpha value is -1.36. The molecule has 0 aliphatic rings. The summed E-state index contributed by atoms with van der Waals surface area (Å²) < 4.78 is 0.791. The van der Waals surface area contributed by atoms with Gasteiger partial charge in [-0.15, -0.1) is 0 Å². The molecule has 128 valence electrons. The third-order valence-electron chi connectivity index (χ3n) is 4.09. The van der Waals surface area contributed by atoms with E-state index < -0.39 is 0 Å². The van der Waals surface area contributed by atoms with Crippen molar-refractivity contribution in [3.8, 4) is 0 Å². The largest absolute Gasteiger partial charge is 0.350 e. The zero-order chi connectivity index (χ0) is 17.5. The summed E-state index contributed by atoms with van der Waals surface area (Å²) in [5, 5.41) is 3.77. The summed E-state index contributed by atoms with van der Waals surface area (Å²) in [5.74, 6) is -0.0910. The molecule has 0 spiro atoms. The number of carbonyl (C=O) groups is 1. The lowest BCUT2D eigenvalue weighted by molar-refractivity contribution is 0.0934. The summed E-state index contributed by atoms with van der Waals surface area (Å²) in [4.78, 5) is 14.8. The van der Waals surface area contributed by atoms with Crippen LogP contribution < -0.4 is 5.32 Å². The minimum atomic E-state index is -0.0910. The van der Waals surface area contributed by atoms with Crippen molar-refractivity contribution in [3.63, 3.8) is 0 Å². The predicted molar refractivity (Wildman–Crippen MR) is 104 cm³/mol. The maximum Gasteiger partial charge on any atom is 0.252 e. The number of nitrogens with zero attached hydrogens (tertiary/aromatic N) is 1. The van der Waals surface area contributed by atoms with Crippen LogP contribution in [0.5, 0.6) is 0 Å². The summed E-state index contributed by atoms with van der Waals surface area (Å²) in [6, 6.07) is 15.3. The fourth-order valence-electron chi connectivity index (χ4n) is 2.78. The first-order valence-corrected chi connectivity index (χ1v) is 9.26. The zero-order valence-electron chi connectivity index (χ0n) is 13.9. The van der Waals surface area contributed by atoms with E-state index in [1.165, 1.54) is 0 Å². The van der Waals surface area contributed by atoms with Gasteiger partial charge in [0.2, 0.25) is 0 Å². The monoisotopic (exact) mass is 408 g/mol. The molecule has 0 aliphatic heterocycles. The van der Waals surface area contributed by atoms with Gasteiger partial charge in [0.15, 0.2) is 0 Å². The number of carbonyl (C=O) groups excluding carboxylic acids is 1. The Morgan fingerprint density at radius 3 is 2.38 bits per heavy atom. The van der Waals surface area contributed by atoms with Crippen molar-refractivity contribution in [1.29, 1.82) is 0 Å². The van der Waals surface area contributed by atoms with Crippen LogP contribution in [0.15, 0.2) is 53.0 Å². The average molecular weight is 410 g/mol. The first-order chi connectivity index (χ1) is 11.6. The smallest absolute Gasteiger partial charge is 0.252 e. The van der Waals surface area contributed by atoms with Gasteiger partial charge in [-0.2, -0.15) is 0 Å². The van der Waals surface area contributed by atoms with Crippen molar-refractivity contribution in [3.05, 3.63) is 69.2 Å². The third-order valence-corrected chi connectivity index (χ3v) is 5.13.